The SMILES string of the molecule is O=C(NC(c1ccccc1)C1CC1)C1CCN(S(=O)(=O)c2cccnc2)CC1. The predicted molar refractivity (Wildman–Crippen MR) is 106 cm³/mol. The number of carbonyl (C=O) groups is 1. The average Bonchev–Trinajstić information content (AvgIpc) is 3.58. The lowest BCUT2D eigenvalue weighted by Crippen LogP contribution is -2.44. The van der Waals surface area contributed by atoms with Crippen LogP contribution in [0.5, 0.6) is 0 Å². The zero-order chi connectivity index (χ0) is 19.6. The normalized spacial score (nSPS) is 19.9. The number of nitrogens with one attached hydrogen (secondary N) is 1. The Morgan fingerprint density at radius 1 is 1.04 bits per heavy atom. The average molecular weight is 400 g/mol. The Labute approximate surface area is 166 Å². The number of hydrogen-bond donors (Lipinski definition) is 1. The Bertz CT molecular complexity index is 906. The maximum atomic E-state index is 12.9. The summed E-state index contributed by atoms with van der Waals surface area (Å²) >= 11 is 0. The second-order valence-corrected chi connectivity index (χ2v) is 9.54. The quantitative estimate of drug-likeness (QED) is 0.810. The van der Waals surface area contributed by atoms with Crippen LogP contribution in [0.2, 0.25) is 0 Å². The number of sulfonamides is 1. The number of nitrogens with zero attached hydrogens (tertiary/aromatic N) is 2. The highest BCUT2D eigenvalue weighted by Gasteiger charge is 2.36. The molecule has 1 amide bonds. The van der Waals surface area contributed by atoms with Crippen LogP contribution in [0.4, 0.5) is 0 Å². The maximum absolute atomic E-state index is 12.9. The first kappa shape index (κ1) is 19.1. The summed E-state index contributed by atoms with van der Waals surface area (Å²) in [7, 11) is -3.54. The summed E-state index contributed by atoms with van der Waals surface area (Å²) in [5, 5.41) is 3.23. The summed E-state index contributed by atoms with van der Waals surface area (Å²) in [6.45, 7) is 0.712. The van der Waals surface area contributed by atoms with Crippen LogP contribution in [0, 0.1) is 11.8 Å². The minimum atomic E-state index is -3.54. The van der Waals surface area contributed by atoms with Crippen LogP contribution in [-0.2, 0) is 14.8 Å². The number of pyridine rings is 1. The van der Waals surface area contributed by atoms with Crippen molar-refractivity contribution in [2.75, 3.05) is 13.1 Å². The predicted octanol–water partition coefficient (Wildman–Crippen LogP) is 2.75. The van der Waals surface area contributed by atoms with Crippen LogP contribution < -0.4 is 5.32 Å². The van der Waals surface area contributed by atoms with E-state index in [-0.39, 0.29) is 22.8 Å². The molecule has 1 saturated heterocycles. The molecule has 1 aliphatic heterocycles. The third-order valence-electron chi connectivity index (χ3n) is 5.65. The van der Waals surface area contributed by atoms with Crippen LogP contribution in [0.25, 0.3) is 0 Å². The monoisotopic (exact) mass is 399 g/mol. The van der Waals surface area contributed by atoms with Gasteiger partial charge in [-0.05, 0) is 49.3 Å². The van der Waals surface area contributed by atoms with E-state index in [1.807, 2.05) is 18.2 Å². The molecule has 7 heteroatoms. The number of piperidine rings is 1. The third-order valence-corrected chi connectivity index (χ3v) is 7.53. The van der Waals surface area contributed by atoms with Gasteiger partial charge < -0.3 is 5.32 Å². The lowest BCUT2D eigenvalue weighted by Gasteiger charge is -2.31. The molecule has 0 radical (unpaired) electrons. The van der Waals surface area contributed by atoms with E-state index < -0.39 is 10.0 Å². The Hall–Kier alpha value is -2.25. The smallest absolute Gasteiger partial charge is 0.244 e. The Kier molecular flexibility index (Phi) is 5.46. The highest BCUT2D eigenvalue weighted by atomic mass is 32.2. The number of carbonyl (C=O) groups excluding carboxylic acids is 1. The molecule has 2 fully saturated rings. The Balaban J connectivity index is 1.38. The fourth-order valence-corrected chi connectivity index (χ4v) is 5.28. The number of amides is 1. The molecular weight excluding hydrogens is 374 g/mol. The number of benzene rings is 1. The van der Waals surface area contributed by atoms with Gasteiger partial charge in [-0.3, -0.25) is 9.78 Å². The zero-order valence-corrected chi connectivity index (χ0v) is 16.5. The summed E-state index contributed by atoms with van der Waals surface area (Å²) in [6.07, 6.45) is 6.28. The molecule has 2 aliphatic rings. The van der Waals surface area contributed by atoms with Gasteiger partial charge in [-0.25, -0.2) is 8.42 Å². The highest BCUT2D eigenvalue weighted by molar-refractivity contribution is 7.89. The molecule has 148 valence electrons. The molecule has 1 atom stereocenters. The largest absolute Gasteiger partial charge is 0.349 e. The fraction of sp³-hybridized carbons (Fsp3) is 0.429. The highest BCUT2D eigenvalue weighted by Crippen LogP contribution is 2.41. The fourth-order valence-electron chi connectivity index (χ4n) is 3.84. The van der Waals surface area contributed by atoms with Crippen molar-refractivity contribution in [1.29, 1.82) is 0 Å². The van der Waals surface area contributed by atoms with Crippen molar-refractivity contribution in [1.82, 2.24) is 14.6 Å². The maximum Gasteiger partial charge on any atom is 0.244 e. The van der Waals surface area contributed by atoms with Crippen molar-refractivity contribution in [2.45, 2.75) is 36.6 Å². The molecule has 1 N–H and O–H groups in total. The van der Waals surface area contributed by atoms with Crippen molar-refractivity contribution in [3.8, 4) is 0 Å². The van der Waals surface area contributed by atoms with E-state index in [1.54, 1.807) is 18.3 Å². The second-order valence-electron chi connectivity index (χ2n) is 7.60. The Morgan fingerprint density at radius 2 is 1.75 bits per heavy atom. The Morgan fingerprint density at radius 3 is 2.36 bits per heavy atom. The summed E-state index contributed by atoms with van der Waals surface area (Å²) in [5.41, 5.74) is 1.15. The van der Waals surface area contributed by atoms with Gasteiger partial charge in [0.25, 0.3) is 0 Å². The van der Waals surface area contributed by atoms with Gasteiger partial charge in [0, 0.05) is 31.4 Å². The summed E-state index contributed by atoms with van der Waals surface area (Å²) in [5.74, 6) is 0.405. The summed E-state index contributed by atoms with van der Waals surface area (Å²) in [4.78, 5) is 17.0. The molecule has 28 heavy (non-hydrogen) atoms. The van der Waals surface area contributed by atoms with Gasteiger partial charge in [-0.15, -0.1) is 0 Å². The molecule has 1 unspecified atom stereocenters. The van der Waals surface area contributed by atoms with Crippen LogP contribution in [0.3, 0.4) is 0 Å². The van der Waals surface area contributed by atoms with E-state index in [0.717, 1.165) is 18.4 Å². The minimum Gasteiger partial charge on any atom is -0.349 e. The van der Waals surface area contributed by atoms with Gasteiger partial charge in [0.15, 0.2) is 0 Å². The molecule has 1 aromatic carbocycles. The molecule has 6 nitrogen and oxygen atoms in total. The molecule has 1 aliphatic carbocycles. The number of rotatable bonds is 6. The van der Waals surface area contributed by atoms with E-state index in [0.29, 0.717) is 31.8 Å². The van der Waals surface area contributed by atoms with Crippen LogP contribution in [0.15, 0.2) is 59.8 Å². The number of hydrogen-bond acceptors (Lipinski definition) is 4. The van der Waals surface area contributed by atoms with Crippen molar-refractivity contribution >= 4 is 15.9 Å². The van der Waals surface area contributed by atoms with Gasteiger partial charge in [0.2, 0.25) is 15.9 Å². The third kappa shape index (κ3) is 4.10. The van der Waals surface area contributed by atoms with Gasteiger partial charge in [0.05, 0.1) is 6.04 Å². The van der Waals surface area contributed by atoms with Gasteiger partial charge in [-0.1, -0.05) is 30.3 Å². The standard InChI is InChI=1S/C21H25N3O3S/c25-21(23-20(17-8-9-17)16-5-2-1-3-6-16)18-10-13-24(14-11-18)28(26,27)19-7-4-12-22-15-19/h1-7,12,15,17-18,20H,8-11,13-14H2,(H,23,25). The number of aromatic nitrogens is 1. The molecule has 0 spiro atoms. The van der Waals surface area contributed by atoms with Crippen LogP contribution >= 0.6 is 0 Å². The van der Waals surface area contributed by atoms with Gasteiger partial charge in [-0.2, -0.15) is 4.31 Å². The van der Waals surface area contributed by atoms with Crippen molar-refractivity contribution in [2.24, 2.45) is 11.8 Å². The lowest BCUT2D eigenvalue weighted by molar-refractivity contribution is -0.127. The molecule has 1 saturated carbocycles. The van der Waals surface area contributed by atoms with E-state index in [1.165, 1.54) is 10.5 Å². The lowest BCUT2D eigenvalue weighted by atomic mass is 9.95. The van der Waals surface area contributed by atoms with E-state index in [9.17, 15) is 13.2 Å². The van der Waals surface area contributed by atoms with E-state index in [4.69, 9.17) is 0 Å². The molecule has 4 rings (SSSR count). The van der Waals surface area contributed by atoms with Crippen molar-refractivity contribution in [3.63, 3.8) is 0 Å². The van der Waals surface area contributed by atoms with Crippen molar-refractivity contribution < 1.29 is 13.2 Å². The van der Waals surface area contributed by atoms with Crippen molar-refractivity contribution in [3.05, 3.63) is 60.4 Å². The summed E-state index contributed by atoms with van der Waals surface area (Å²) < 4.78 is 26.9. The molecule has 2 heterocycles. The zero-order valence-electron chi connectivity index (χ0n) is 15.7. The second kappa shape index (κ2) is 8.01. The first-order valence-electron chi connectivity index (χ1n) is 9.81. The first-order valence-corrected chi connectivity index (χ1v) is 11.3. The first-order chi connectivity index (χ1) is 13.6. The molecular formula is C21H25N3O3S. The van der Waals surface area contributed by atoms with Crippen LogP contribution in [-0.4, -0.2) is 36.7 Å². The molecule has 2 aromatic rings. The summed E-state index contributed by atoms with van der Waals surface area (Å²) in [6, 6.07) is 13.3. The van der Waals surface area contributed by atoms with E-state index in [2.05, 4.69) is 22.4 Å². The van der Waals surface area contributed by atoms with E-state index >= 15 is 0 Å². The topological polar surface area (TPSA) is 79.4 Å². The molecule has 0 bridgehead atoms. The van der Waals surface area contributed by atoms with Gasteiger partial charge in [0.1, 0.15) is 4.90 Å². The molecule has 1 aromatic heterocycles. The van der Waals surface area contributed by atoms with Crippen LogP contribution in [0.1, 0.15) is 37.3 Å². The minimum absolute atomic E-state index is 0.0409. The van der Waals surface area contributed by atoms with Gasteiger partial charge >= 0.3 is 0 Å².